The van der Waals surface area contributed by atoms with E-state index in [0.29, 0.717) is 32.3 Å². The second-order valence-electron chi connectivity index (χ2n) is 7.58. The van der Waals surface area contributed by atoms with E-state index < -0.39 is 5.79 Å². The van der Waals surface area contributed by atoms with Crippen molar-refractivity contribution < 1.29 is 18.9 Å². The lowest BCUT2D eigenvalue weighted by molar-refractivity contribution is -0.219. The largest absolute Gasteiger partial charge is 0.351 e. The van der Waals surface area contributed by atoms with Crippen molar-refractivity contribution >= 4 is 0 Å². The van der Waals surface area contributed by atoms with Crippen LogP contribution in [0.1, 0.15) is 55.4 Å². The zero-order chi connectivity index (χ0) is 20.0. The van der Waals surface area contributed by atoms with Crippen LogP contribution < -0.4 is 17.2 Å². The lowest BCUT2D eigenvalue weighted by Gasteiger charge is -2.27. The first-order chi connectivity index (χ1) is 11.4. The van der Waals surface area contributed by atoms with E-state index >= 15 is 0 Å². The zero-order valence-corrected chi connectivity index (χ0v) is 17.6. The zero-order valence-electron chi connectivity index (χ0n) is 17.6. The Morgan fingerprint density at radius 1 is 0.640 bits per heavy atom. The van der Waals surface area contributed by atoms with E-state index in [4.69, 9.17) is 36.1 Å². The van der Waals surface area contributed by atoms with Gasteiger partial charge in [-0.1, -0.05) is 13.8 Å². The number of rotatable bonds is 12. The fraction of sp³-hybridized carbons (Fsp3) is 1.00. The van der Waals surface area contributed by atoms with E-state index in [1.165, 1.54) is 0 Å². The van der Waals surface area contributed by atoms with Crippen LogP contribution in [0.5, 0.6) is 0 Å². The van der Waals surface area contributed by atoms with Crippen molar-refractivity contribution in [2.75, 3.05) is 26.4 Å². The van der Waals surface area contributed by atoms with Gasteiger partial charge in [-0.05, 0) is 47.5 Å². The molecular formula is C18H43N3O4. The van der Waals surface area contributed by atoms with Crippen molar-refractivity contribution in [3.63, 3.8) is 0 Å². The Kier molecular flexibility index (Phi) is 16.0. The molecule has 0 fully saturated rings. The van der Waals surface area contributed by atoms with Crippen LogP contribution in [0.4, 0.5) is 0 Å². The van der Waals surface area contributed by atoms with Gasteiger partial charge >= 0.3 is 0 Å². The highest BCUT2D eigenvalue weighted by Gasteiger charge is 2.19. The van der Waals surface area contributed by atoms with Gasteiger partial charge in [-0.25, -0.2) is 0 Å². The van der Waals surface area contributed by atoms with Crippen molar-refractivity contribution in [2.45, 2.75) is 85.6 Å². The summed E-state index contributed by atoms with van der Waals surface area (Å²) in [6.45, 7) is 17.9. The van der Waals surface area contributed by atoms with Gasteiger partial charge in [0.05, 0.1) is 26.4 Å². The lowest BCUT2D eigenvalue weighted by Crippen LogP contribution is -2.35. The molecule has 154 valence electrons. The van der Waals surface area contributed by atoms with Gasteiger partial charge in [0.1, 0.15) is 0 Å². The molecule has 0 saturated heterocycles. The van der Waals surface area contributed by atoms with Crippen molar-refractivity contribution in [3.05, 3.63) is 0 Å². The summed E-state index contributed by atoms with van der Waals surface area (Å²) in [5.74, 6) is 0.0101. The smallest absolute Gasteiger partial charge is 0.162 e. The maximum Gasteiger partial charge on any atom is 0.162 e. The van der Waals surface area contributed by atoms with Crippen molar-refractivity contribution in [2.24, 2.45) is 23.1 Å². The molecule has 0 aliphatic rings. The van der Waals surface area contributed by atoms with Crippen LogP contribution in [-0.2, 0) is 18.9 Å². The van der Waals surface area contributed by atoms with Gasteiger partial charge in [0, 0.05) is 18.1 Å². The summed E-state index contributed by atoms with van der Waals surface area (Å²) in [5, 5.41) is 0. The summed E-state index contributed by atoms with van der Waals surface area (Å²) in [6.07, 6.45) is -0.220. The van der Waals surface area contributed by atoms with Gasteiger partial charge < -0.3 is 36.1 Å². The molecule has 0 aromatic heterocycles. The normalized spacial score (nSPS) is 16.8. The van der Waals surface area contributed by atoms with E-state index in [-0.39, 0.29) is 24.4 Å². The highest BCUT2D eigenvalue weighted by molar-refractivity contribution is 4.58. The topological polar surface area (TPSA) is 115 Å². The third-order valence-electron chi connectivity index (χ3n) is 2.65. The molecule has 7 nitrogen and oxygen atoms in total. The standard InChI is InChI=1S/C10H23NO2.C8H20N2O2/c1-8(2)6-12-10(4,5)13-7-9(3)11;1-6(9)4-11-8(3)12-5-7(2)10/h8-9H,6-7,11H2,1-5H3;6-8H,4-5,9-10H2,1-3H3. The summed E-state index contributed by atoms with van der Waals surface area (Å²) < 4.78 is 21.6. The summed E-state index contributed by atoms with van der Waals surface area (Å²) in [7, 11) is 0. The first-order valence-corrected chi connectivity index (χ1v) is 9.13. The molecular weight excluding hydrogens is 322 g/mol. The van der Waals surface area contributed by atoms with E-state index in [9.17, 15) is 0 Å². The molecule has 0 bridgehead atoms. The molecule has 25 heavy (non-hydrogen) atoms. The summed E-state index contributed by atoms with van der Waals surface area (Å²) in [5.41, 5.74) is 16.6. The van der Waals surface area contributed by atoms with Crippen molar-refractivity contribution in [3.8, 4) is 0 Å². The molecule has 0 radical (unpaired) electrons. The minimum Gasteiger partial charge on any atom is -0.351 e. The fourth-order valence-electron chi connectivity index (χ4n) is 1.36. The summed E-state index contributed by atoms with van der Waals surface area (Å²) in [6, 6.07) is 0.152. The molecule has 0 rings (SSSR count). The van der Waals surface area contributed by atoms with Gasteiger partial charge in [-0.2, -0.15) is 0 Å². The van der Waals surface area contributed by atoms with Gasteiger partial charge in [-0.15, -0.1) is 0 Å². The Balaban J connectivity index is 0. The van der Waals surface area contributed by atoms with Crippen molar-refractivity contribution in [1.82, 2.24) is 0 Å². The SMILES string of the molecule is CC(C)COC(C)(C)OCC(C)N.CC(N)COC(C)OCC(C)N. The molecule has 6 N–H and O–H groups in total. The number of ether oxygens (including phenoxy) is 4. The fourth-order valence-corrected chi connectivity index (χ4v) is 1.36. The molecule has 0 heterocycles. The maximum absolute atomic E-state index is 5.57. The first-order valence-electron chi connectivity index (χ1n) is 9.13. The Hall–Kier alpha value is -0.280. The highest BCUT2D eigenvalue weighted by atomic mass is 16.7. The molecule has 0 saturated carbocycles. The van der Waals surface area contributed by atoms with E-state index in [1.807, 2.05) is 41.5 Å². The minimum absolute atomic E-state index is 0.0475. The van der Waals surface area contributed by atoms with E-state index in [0.717, 1.165) is 0 Å². The monoisotopic (exact) mass is 365 g/mol. The predicted molar refractivity (Wildman–Crippen MR) is 103 cm³/mol. The number of nitrogens with two attached hydrogens (primary N) is 3. The Morgan fingerprint density at radius 2 is 1.00 bits per heavy atom. The maximum atomic E-state index is 5.57. The Morgan fingerprint density at radius 3 is 1.32 bits per heavy atom. The van der Waals surface area contributed by atoms with Crippen LogP contribution in [0.15, 0.2) is 0 Å². The summed E-state index contributed by atoms with van der Waals surface area (Å²) >= 11 is 0. The Labute approximate surface area is 154 Å². The van der Waals surface area contributed by atoms with Gasteiger partial charge in [-0.3, -0.25) is 0 Å². The van der Waals surface area contributed by atoms with E-state index in [1.54, 1.807) is 0 Å². The molecule has 0 aliphatic carbocycles. The molecule has 0 amide bonds. The van der Waals surface area contributed by atoms with Gasteiger partial charge in [0.25, 0.3) is 0 Å². The Bertz CT molecular complexity index is 272. The third-order valence-corrected chi connectivity index (χ3v) is 2.65. The molecule has 0 spiro atoms. The first kappa shape index (κ1) is 26.9. The second-order valence-corrected chi connectivity index (χ2v) is 7.58. The van der Waals surface area contributed by atoms with Crippen LogP contribution in [0, 0.1) is 5.92 Å². The number of hydrogen-bond acceptors (Lipinski definition) is 7. The molecule has 0 aliphatic heterocycles. The number of hydrogen-bond donors (Lipinski definition) is 3. The van der Waals surface area contributed by atoms with Crippen LogP contribution in [0.3, 0.4) is 0 Å². The highest BCUT2D eigenvalue weighted by Crippen LogP contribution is 2.12. The van der Waals surface area contributed by atoms with E-state index in [2.05, 4.69) is 13.8 Å². The molecule has 0 aromatic rings. The summed E-state index contributed by atoms with van der Waals surface area (Å²) in [4.78, 5) is 0. The average Bonchev–Trinajstić information content (AvgIpc) is 2.48. The second kappa shape index (κ2) is 14.8. The van der Waals surface area contributed by atoms with Crippen LogP contribution in [0.2, 0.25) is 0 Å². The average molecular weight is 366 g/mol. The minimum atomic E-state index is -0.516. The lowest BCUT2D eigenvalue weighted by atomic mass is 10.2. The third kappa shape index (κ3) is 23.7. The quantitative estimate of drug-likeness (QED) is 0.452. The van der Waals surface area contributed by atoms with Crippen LogP contribution >= 0.6 is 0 Å². The van der Waals surface area contributed by atoms with Crippen LogP contribution in [0.25, 0.3) is 0 Å². The van der Waals surface area contributed by atoms with Crippen molar-refractivity contribution in [1.29, 1.82) is 0 Å². The molecule has 3 atom stereocenters. The molecule has 3 unspecified atom stereocenters. The predicted octanol–water partition coefficient (Wildman–Crippen LogP) is 1.82. The van der Waals surface area contributed by atoms with Gasteiger partial charge in [0.15, 0.2) is 12.1 Å². The molecule has 7 heteroatoms. The van der Waals surface area contributed by atoms with Crippen LogP contribution in [-0.4, -0.2) is 56.6 Å². The van der Waals surface area contributed by atoms with Gasteiger partial charge in [0.2, 0.25) is 0 Å². The molecule has 0 aromatic carbocycles.